The first-order valence-corrected chi connectivity index (χ1v) is 15.3. The second-order valence-corrected chi connectivity index (χ2v) is 12.7. The van der Waals surface area contributed by atoms with Gasteiger partial charge in [0.25, 0.3) is 16.5 Å². The van der Waals surface area contributed by atoms with Crippen LogP contribution in [0.15, 0.2) is 59.9 Å². The predicted molar refractivity (Wildman–Crippen MR) is 163 cm³/mol. The maximum Gasteiger partial charge on any atom is 0.410 e. The Morgan fingerprint density at radius 1 is 1.00 bits per heavy atom. The molecule has 2 aromatic heterocycles. The zero-order valence-corrected chi connectivity index (χ0v) is 25.8. The number of ether oxygens (including phenoxy) is 3. The van der Waals surface area contributed by atoms with E-state index >= 15 is 0 Å². The van der Waals surface area contributed by atoms with Crippen molar-refractivity contribution >= 4 is 45.0 Å². The number of sulfonamides is 1. The molecule has 45 heavy (non-hydrogen) atoms. The van der Waals surface area contributed by atoms with Crippen molar-refractivity contribution in [1.29, 1.82) is 0 Å². The number of hydrogen-bond donors (Lipinski definition) is 1. The number of amides is 1. The van der Waals surface area contributed by atoms with E-state index in [1.165, 1.54) is 25.7 Å². The smallest absolute Gasteiger partial charge is 0.410 e. The minimum Gasteiger partial charge on any atom is -0.480 e. The molecule has 13 nitrogen and oxygen atoms in total. The standard InChI is InChI=1S/C30H31FN6O7S/c1-30(2,3)44-29(39)37-11-9-36(10-12-37)27-22-13-19(5-7-24(22)33-17-34-27)20-14-25(28(42-4)32-16-20)35-45(40,41)26-8-6-21(43-18-38)15-23(26)31/h5-8,13-18,35H,9-12H2,1-4H3. The number of methoxy groups -OCH3 is 1. The van der Waals surface area contributed by atoms with Crippen molar-refractivity contribution in [2.75, 3.05) is 42.9 Å². The van der Waals surface area contributed by atoms with Crippen LogP contribution in [0.4, 0.5) is 20.7 Å². The molecule has 1 aliphatic rings. The number of halogens is 1. The summed E-state index contributed by atoms with van der Waals surface area (Å²) in [6, 6.07) is 9.96. The van der Waals surface area contributed by atoms with Crippen molar-refractivity contribution in [3.8, 4) is 22.8 Å². The van der Waals surface area contributed by atoms with Crippen molar-refractivity contribution in [1.82, 2.24) is 19.9 Å². The van der Waals surface area contributed by atoms with Gasteiger partial charge in [-0.25, -0.2) is 32.6 Å². The molecule has 2 aromatic carbocycles. The molecular weight excluding hydrogens is 607 g/mol. The summed E-state index contributed by atoms with van der Waals surface area (Å²) < 4.78 is 58.6. The van der Waals surface area contributed by atoms with Crippen LogP contribution in [-0.2, 0) is 19.6 Å². The van der Waals surface area contributed by atoms with Crippen molar-refractivity contribution in [2.24, 2.45) is 0 Å². The van der Waals surface area contributed by atoms with Gasteiger partial charge in [-0.15, -0.1) is 0 Å². The minimum absolute atomic E-state index is 0.0227. The van der Waals surface area contributed by atoms with Crippen molar-refractivity contribution < 1.29 is 36.6 Å². The quantitative estimate of drug-likeness (QED) is 0.276. The molecule has 236 valence electrons. The van der Waals surface area contributed by atoms with Crippen LogP contribution < -0.4 is 19.1 Å². The fourth-order valence-electron chi connectivity index (χ4n) is 4.78. The summed E-state index contributed by atoms with van der Waals surface area (Å²) in [5.41, 5.74) is 1.31. The summed E-state index contributed by atoms with van der Waals surface area (Å²) in [7, 11) is -3.11. The Labute approximate surface area is 259 Å². The molecule has 0 atom stereocenters. The van der Waals surface area contributed by atoms with E-state index in [1.807, 2.05) is 39.0 Å². The average molecular weight is 639 g/mol. The molecule has 1 aliphatic heterocycles. The maximum atomic E-state index is 14.7. The van der Waals surface area contributed by atoms with Gasteiger partial charge in [-0.3, -0.25) is 9.52 Å². The third kappa shape index (κ3) is 7.03. The van der Waals surface area contributed by atoms with Crippen LogP contribution in [0.5, 0.6) is 11.6 Å². The molecule has 0 radical (unpaired) electrons. The van der Waals surface area contributed by atoms with Crippen LogP contribution in [0.25, 0.3) is 22.0 Å². The first-order valence-electron chi connectivity index (χ1n) is 13.8. The number of nitrogens with one attached hydrogen (secondary N) is 1. The summed E-state index contributed by atoms with van der Waals surface area (Å²) in [5.74, 6) is -0.604. The van der Waals surface area contributed by atoms with E-state index in [0.29, 0.717) is 48.6 Å². The van der Waals surface area contributed by atoms with E-state index in [0.717, 1.165) is 23.6 Å². The first-order chi connectivity index (χ1) is 21.4. The number of carbonyl (C=O) groups is 2. The lowest BCUT2D eigenvalue weighted by molar-refractivity contribution is -0.120. The first kappa shape index (κ1) is 31.4. The molecule has 0 spiro atoms. The zero-order valence-electron chi connectivity index (χ0n) is 25.0. The molecule has 1 amide bonds. The monoisotopic (exact) mass is 638 g/mol. The largest absolute Gasteiger partial charge is 0.480 e. The molecule has 15 heteroatoms. The average Bonchev–Trinajstić information content (AvgIpc) is 2.99. The van der Waals surface area contributed by atoms with Gasteiger partial charge in [0.2, 0.25) is 5.88 Å². The Kier molecular flexibility index (Phi) is 8.73. The van der Waals surface area contributed by atoms with E-state index < -0.39 is 26.3 Å². The predicted octanol–water partition coefficient (Wildman–Crippen LogP) is 4.23. The van der Waals surface area contributed by atoms with E-state index in [2.05, 4.69) is 29.3 Å². The highest BCUT2D eigenvalue weighted by Gasteiger charge is 2.27. The number of nitrogens with zero attached hydrogens (tertiary/aromatic N) is 5. The molecule has 5 rings (SSSR count). The maximum absolute atomic E-state index is 14.7. The fraction of sp³-hybridized carbons (Fsp3) is 0.300. The number of hydrogen-bond acceptors (Lipinski definition) is 11. The summed E-state index contributed by atoms with van der Waals surface area (Å²) in [6.45, 7) is 7.57. The fourth-order valence-corrected chi connectivity index (χ4v) is 5.88. The third-order valence-electron chi connectivity index (χ3n) is 6.84. The summed E-state index contributed by atoms with van der Waals surface area (Å²) >= 11 is 0. The van der Waals surface area contributed by atoms with E-state index in [-0.39, 0.29) is 29.9 Å². The highest BCUT2D eigenvalue weighted by atomic mass is 32.2. The van der Waals surface area contributed by atoms with Crippen LogP contribution in [0.2, 0.25) is 0 Å². The number of piperazine rings is 1. The lowest BCUT2D eigenvalue weighted by atomic mass is 10.0. The van der Waals surface area contributed by atoms with Crippen molar-refractivity contribution in [3.05, 3.63) is 60.8 Å². The summed E-state index contributed by atoms with van der Waals surface area (Å²) in [4.78, 5) is 39.4. The lowest BCUT2D eigenvalue weighted by Gasteiger charge is -2.36. The van der Waals surface area contributed by atoms with Gasteiger partial charge in [-0.05, 0) is 56.7 Å². The molecule has 0 bridgehead atoms. The van der Waals surface area contributed by atoms with Gasteiger partial charge in [0.05, 0.1) is 12.6 Å². The Bertz CT molecular complexity index is 1860. The number of benzene rings is 2. The van der Waals surface area contributed by atoms with Gasteiger partial charge in [0, 0.05) is 49.4 Å². The van der Waals surface area contributed by atoms with Gasteiger partial charge in [0.15, 0.2) is 0 Å². The van der Waals surface area contributed by atoms with Crippen LogP contribution in [0, 0.1) is 5.82 Å². The van der Waals surface area contributed by atoms with E-state index in [4.69, 9.17) is 9.47 Å². The number of aromatic nitrogens is 3. The number of rotatable bonds is 8. The summed E-state index contributed by atoms with van der Waals surface area (Å²) in [5, 5.41) is 0.748. The molecular formula is C30H31FN6O7S. The van der Waals surface area contributed by atoms with Crippen LogP contribution >= 0.6 is 0 Å². The van der Waals surface area contributed by atoms with Crippen LogP contribution in [0.1, 0.15) is 20.8 Å². The highest BCUT2D eigenvalue weighted by molar-refractivity contribution is 7.92. The van der Waals surface area contributed by atoms with Gasteiger partial charge < -0.3 is 24.0 Å². The molecule has 4 aromatic rings. The Morgan fingerprint density at radius 2 is 1.76 bits per heavy atom. The van der Waals surface area contributed by atoms with Gasteiger partial charge >= 0.3 is 6.09 Å². The van der Waals surface area contributed by atoms with Gasteiger partial charge in [-0.2, -0.15) is 0 Å². The van der Waals surface area contributed by atoms with Crippen LogP contribution in [-0.4, -0.2) is 79.7 Å². The second-order valence-electron chi connectivity index (χ2n) is 11.1. The van der Waals surface area contributed by atoms with Gasteiger partial charge in [0.1, 0.15) is 39.9 Å². The molecule has 0 unspecified atom stereocenters. The molecule has 1 saturated heterocycles. The summed E-state index contributed by atoms with van der Waals surface area (Å²) in [6.07, 6.45) is 2.64. The third-order valence-corrected chi connectivity index (χ3v) is 8.24. The van der Waals surface area contributed by atoms with Crippen molar-refractivity contribution in [2.45, 2.75) is 31.3 Å². The zero-order chi connectivity index (χ0) is 32.4. The Morgan fingerprint density at radius 3 is 2.42 bits per heavy atom. The Balaban J connectivity index is 1.42. The van der Waals surface area contributed by atoms with E-state index in [9.17, 15) is 22.4 Å². The topological polar surface area (TPSA) is 153 Å². The Hall–Kier alpha value is -5.05. The number of carbonyl (C=O) groups excluding carboxylic acids is 2. The second kappa shape index (κ2) is 12.5. The molecule has 1 fully saturated rings. The SMILES string of the molecule is COc1ncc(-c2ccc3ncnc(N4CCN(C(=O)OC(C)(C)C)CC4)c3c2)cc1NS(=O)(=O)c1ccc(OC=O)cc1F. The highest BCUT2D eigenvalue weighted by Crippen LogP contribution is 2.34. The van der Waals surface area contributed by atoms with E-state index in [1.54, 1.807) is 4.90 Å². The molecule has 0 aliphatic carbocycles. The van der Waals surface area contributed by atoms with Gasteiger partial charge in [-0.1, -0.05) is 6.07 Å². The number of pyridine rings is 1. The molecule has 0 saturated carbocycles. The van der Waals surface area contributed by atoms with Crippen molar-refractivity contribution in [3.63, 3.8) is 0 Å². The molecule has 1 N–H and O–H groups in total. The minimum atomic E-state index is -4.44. The number of fused-ring (bicyclic) bond motifs is 1. The molecule has 3 heterocycles. The number of anilines is 2. The normalized spacial score (nSPS) is 13.8. The van der Waals surface area contributed by atoms with Crippen LogP contribution in [0.3, 0.4) is 0 Å². The lowest BCUT2D eigenvalue weighted by Crippen LogP contribution is -2.50.